The van der Waals surface area contributed by atoms with Crippen molar-refractivity contribution in [2.24, 2.45) is 10.7 Å². The molecule has 0 heterocycles. The van der Waals surface area contributed by atoms with Crippen molar-refractivity contribution in [3.8, 4) is 5.75 Å². The van der Waals surface area contributed by atoms with Crippen LogP contribution in [0.3, 0.4) is 0 Å². The van der Waals surface area contributed by atoms with Crippen LogP contribution >= 0.6 is 24.0 Å². The van der Waals surface area contributed by atoms with Crippen molar-refractivity contribution in [2.75, 3.05) is 30.8 Å². The standard InChI is InChI=1S/C17H22N4O.HI/c1-22-16-10-8-15(9-11-16)21-17(18)20-13-5-12-19-14-6-3-2-4-7-14;/h2-4,6-11,19H,5,12-13H2,1H3,(H3,18,20,21);1H. The SMILES string of the molecule is COc1ccc(NC(N)=NCCCNc2ccccc2)cc1.I. The number of anilines is 2. The summed E-state index contributed by atoms with van der Waals surface area (Å²) in [5, 5.41) is 6.39. The molecular formula is C17H23IN4O. The van der Waals surface area contributed by atoms with Crippen molar-refractivity contribution in [3.05, 3.63) is 54.6 Å². The van der Waals surface area contributed by atoms with Gasteiger partial charge in [-0.3, -0.25) is 4.99 Å². The van der Waals surface area contributed by atoms with Crippen LogP contribution in [0.25, 0.3) is 0 Å². The van der Waals surface area contributed by atoms with E-state index in [2.05, 4.69) is 15.6 Å². The zero-order valence-electron chi connectivity index (χ0n) is 13.2. The first-order valence-corrected chi connectivity index (χ1v) is 7.28. The van der Waals surface area contributed by atoms with Gasteiger partial charge in [-0.2, -0.15) is 0 Å². The van der Waals surface area contributed by atoms with Crippen LogP contribution in [0.2, 0.25) is 0 Å². The maximum Gasteiger partial charge on any atom is 0.193 e. The van der Waals surface area contributed by atoms with Crippen LogP contribution in [0, 0.1) is 0 Å². The number of aliphatic imine (C=N–C) groups is 1. The number of nitrogens with zero attached hydrogens (tertiary/aromatic N) is 1. The lowest BCUT2D eigenvalue weighted by molar-refractivity contribution is 0.415. The van der Waals surface area contributed by atoms with Crippen LogP contribution in [0.5, 0.6) is 5.75 Å². The van der Waals surface area contributed by atoms with E-state index in [9.17, 15) is 0 Å². The Morgan fingerprint density at radius 1 is 1.04 bits per heavy atom. The summed E-state index contributed by atoms with van der Waals surface area (Å²) in [4.78, 5) is 4.31. The molecule has 0 aliphatic heterocycles. The van der Waals surface area contributed by atoms with Crippen molar-refractivity contribution >= 4 is 41.3 Å². The molecule has 124 valence electrons. The van der Waals surface area contributed by atoms with E-state index in [-0.39, 0.29) is 24.0 Å². The first kappa shape index (κ1) is 19.1. The van der Waals surface area contributed by atoms with Crippen molar-refractivity contribution in [2.45, 2.75) is 6.42 Å². The topological polar surface area (TPSA) is 71.7 Å². The summed E-state index contributed by atoms with van der Waals surface area (Å²) in [5.41, 5.74) is 7.87. The largest absolute Gasteiger partial charge is 0.497 e. The zero-order valence-corrected chi connectivity index (χ0v) is 15.5. The van der Waals surface area contributed by atoms with Gasteiger partial charge in [0, 0.05) is 24.5 Å². The van der Waals surface area contributed by atoms with Crippen LogP contribution in [0.4, 0.5) is 11.4 Å². The van der Waals surface area contributed by atoms with Gasteiger partial charge in [-0.05, 0) is 42.8 Å². The molecule has 2 rings (SSSR count). The van der Waals surface area contributed by atoms with Gasteiger partial charge >= 0.3 is 0 Å². The Morgan fingerprint density at radius 2 is 1.74 bits per heavy atom. The number of methoxy groups -OCH3 is 1. The second kappa shape index (κ2) is 10.7. The van der Waals surface area contributed by atoms with Crippen molar-refractivity contribution in [3.63, 3.8) is 0 Å². The Bertz CT molecular complexity index is 587. The summed E-state index contributed by atoms with van der Waals surface area (Å²) in [6.07, 6.45) is 0.917. The van der Waals surface area contributed by atoms with Gasteiger partial charge in [0.15, 0.2) is 5.96 Å². The maximum absolute atomic E-state index is 5.86. The number of para-hydroxylation sites is 1. The Morgan fingerprint density at radius 3 is 2.39 bits per heavy atom. The Kier molecular flexibility index (Phi) is 8.89. The molecule has 0 saturated heterocycles. The highest BCUT2D eigenvalue weighted by Crippen LogP contribution is 2.14. The van der Waals surface area contributed by atoms with E-state index in [0.717, 1.165) is 30.1 Å². The molecule has 0 spiro atoms. The monoisotopic (exact) mass is 426 g/mol. The van der Waals surface area contributed by atoms with E-state index >= 15 is 0 Å². The smallest absolute Gasteiger partial charge is 0.193 e. The molecule has 0 saturated carbocycles. The normalized spacial score (nSPS) is 10.6. The zero-order chi connectivity index (χ0) is 15.6. The number of ether oxygens (including phenoxy) is 1. The van der Waals surface area contributed by atoms with E-state index in [4.69, 9.17) is 10.5 Å². The number of rotatable bonds is 7. The molecule has 4 N–H and O–H groups in total. The van der Waals surface area contributed by atoms with Gasteiger partial charge in [0.25, 0.3) is 0 Å². The predicted octanol–water partition coefficient (Wildman–Crippen LogP) is 3.54. The molecule has 0 atom stereocenters. The third-order valence-corrected chi connectivity index (χ3v) is 3.08. The summed E-state index contributed by atoms with van der Waals surface area (Å²) >= 11 is 0. The minimum Gasteiger partial charge on any atom is -0.497 e. The van der Waals surface area contributed by atoms with E-state index in [1.165, 1.54) is 0 Å². The third-order valence-electron chi connectivity index (χ3n) is 3.08. The van der Waals surface area contributed by atoms with Crippen LogP contribution in [-0.4, -0.2) is 26.2 Å². The quantitative estimate of drug-likeness (QED) is 0.274. The lowest BCUT2D eigenvalue weighted by Crippen LogP contribution is -2.23. The summed E-state index contributed by atoms with van der Waals surface area (Å²) in [7, 11) is 1.64. The Hall–Kier alpha value is -1.96. The van der Waals surface area contributed by atoms with Gasteiger partial charge in [0.2, 0.25) is 0 Å². The van der Waals surface area contributed by atoms with Crippen LogP contribution < -0.4 is 21.1 Å². The van der Waals surface area contributed by atoms with E-state index in [0.29, 0.717) is 12.5 Å². The number of hydrogen-bond donors (Lipinski definition) is 3. The molecule has 0 fully saturated rings. The minimum absolute atomic E-state index is 0. The summed E-state index contributed by atoms with van der Waals surface area (Å²) < 4.78 is 5.11. The van der Waals surface area contributed by atoms with Crippen LogP contribution in [-0.2, 0) is 0 Å². The van der Waals surface area contributed by atoms with Crippen LogP contribution in [0.15, 0.2) is 59.6 Å². The summed E-state index contributed by atoms with van der Waals surface area (Å²) in [6.45, 7) is 1.54. The molecular weight excluding hydrogens is 403 g/mol. The second-order valence-corrected chi connectivity index (χ2v) is 4.77. The highest BCUT2D eigenvalue weighted by Gasteiger charge is 1.96. The average molecular weight is 426 g/mol. The molecule has 0 unspecified atom stereocenters. The first-order valence-electron chi connectivity index (χ1n) is 7.28. The molecule has 0 aliphatic carbocycles. The number of nitrogens with two attached hydrogens (primary N) is 1. The third kappa shape index (κ3) is 7.23. The fraction of sp³-hybridized carbons (Fsp3) is 0.235. The fourth-order valence-electron chi connectivity index (χ4n) is 1.93. The molecule has 6 heteroatoms. The van der Waals surface area contributed by atoms with E-state index in [1.807, 2.05) is 54.6 Å². The van der Waals surface area contributed by atoms with Crippen molar-refractivity contribution in [1.82, 2.24) is 0 Å². The first-order chi connectivity index (χ1) is 10.8. The lowest BCUT2D eigenvalue weighted by Gasteiger charge is -2.07. The van der Waals surface area contributed by atoms with Gasteiger partial charge in [-0.25, -0.2) is 0 Å². The van der Waals surface area contributed by atoms with Crippen molar-refractivity contribution in [1.29, 1.82) is 0 Å². The maximum atomic E-state index is 5.86. The minimum atomic E-state index is 0. The molecule has 0 radical (unpaired) electrons. The van der Waals surface area contributed by atoms with Crippen LogP contribution in [0.1, 0.15) is 6.42 Å². The van der Waals surface area contributed by atoms with Gasteiger partial charge < -0.3 is 21.1 Å². The van der Waals surface area contributed by atoms with Crippen molar-refractivity contribution < 1.29 is 4.74 Å². The number of benzene rings is 2. The number of guanidine groups is 1. The number of halogens is 1. The van der Waals surface area contributed by atoms with E-state index in [1.54, 1.807) is 7.11 Å². The molecule has 23 heavy (non-hydrogen) atoms. The molecule has 2 aromatic rings. The molecule has 0 bridgehead atoms. The second-order valence-electron chi connectivity index (χ2n) is 4.77. The predicted molar refractivity (Wildman–Crippen MR) is 108 cm³/mol. The van der Waals surface area contributed by atoms with E-state index < -0.39 is 0 Å². The highest BCUT2D eigenvalue weighted by molar-refractivity contribution is 14.0. The fourth-order valence-corrected chi connectivity index (χ4v) is 1.93. The summed E-state index contributed by atoms with van der Waals surface area (Å²) in [5.74, 6) is 1.23. The molecule has 5 nitrogen and oxygen atoms in total. The number of hydrogen-bond acceptors (Lipinski definition) is 3. The molecule has 0 amide bonds. The molecule has 0 aliphatic rings. The highest BCUT2D eigenvalue weighted by atomic mass is 127. The molecule has 2 aromatic carbocycles. The lowest BCUT2D eigenvalue weighted by atomic mass is 10.3. The Balaban J connectivity index is 0.00000264. The van der Waals surface area contributed by atoms with Gasteiger partial charge in [-0.15, -0.1) is 24.0 Å². The summed E-state index contributed by atoms with van der Waals surface area (Å²) in [6, 6.07) is 17.7. The van der Waals surface area contributed by atoms with Gasteiger partial charge in [0.05, 0.1) is 7.11 Å². The van der Waals surface area contributed by atoms with Gasteiger partial charge in [-0.1, -0.05) is 18.2 Å². The average Bonchev–Trinajstić information content (AvgIpc) is 2.56. The molecule has 0 aromatic heterocycles. The Labute approximate surface area is 154 Å². The number of nitrogens with one attached hydrogen (secondary N) is 2. The van der Waals surface area contributed by atoms with Gasteiger partial charge in [0.1, 0.15) is 5.75 Å².